The molecular weight excluding hydrogens is 907 g/mol. The van der Waals surface area contributed by atoms with Crippen LogP contribution in [0.3, 0.4) is 0 Å². The summed E-state index contributed by atoms with van der Waals surface area (Å²) in [7, 11) is -4.37. The van der Waals surface area contributed by atoms with Crippen LogP contribution in [0.25, 0.3) is 0 Å². The van der Waals surface area contributed by atoms with Crippen molar-refractivity contribution in [1.82, 2.24) is 0 Å². The third-order valence-electron chi connectivity index (χ3n) is 17.6. The van der Waals surface area contributed by atoms with Crippen LogP contribution >= 0.6 is 0 Å². The lowest BCUT2D eigenvalue weighted by molar-refractivity contribution is -0.118. The third-order valence-corrected chi connectivity index (χ3v) is 27.7. The quantitative estimate of drug-likeness (QED) is 0.0779. The molecule has 3 fully saturated rings. The zero-order chi connectivity index (χ0) is 50.7. The monoisotopic (exact) mass is 994 g/mol. The van der Waals surface area contributed by atoms with Gasteiger partial charge in [0.15, 0.2) is 5.60 Å². The minimum absolute atomic E-state index is 0.150. The summed E-state index contributed by atoms with van der Waals surface area (Å²) in [6.45, 7) is 26.4. The van der Waals surface area contributed by atoms with E-state index < -0.39 is 22.2 Å². The van der Waals surface area contributed by atoms with Gasteiger partial charge in [-0.1, -0.05) is 212 Å². The van der Waals surface area contributed by atoms with Crippen molar-refractivity contribution in [3.8, 4) is 0 Å². The number of oxime groups is 1. The number of hydrogen-bond acceptors (Lipinski definition) is 6. The van der Waals surface area contributed by atoms with Crippen molar-refractivity contribution in [1.29, 1.82) is 0 Å². The maximum atomic E-state index is 8.36. The van der Waals surface area contributed by atoms with Crippen molar-refractivity contribution in [2.45, 2.75) is 180 Å². The molecule has 0 amide bonds. The molecule has 1 unspecified atom stereocenters. The van der Waals surface area contributed by atoms with Crippen molar-refractivity contribution in [2.24, 2.45) is 28.3 Å². The predicted molar refractivity (Wildman–Crippen MR) is 300 cm³/mol. The molecule has 0 aromatic heterocycles. The van der Waals surface area contributed by atoms with Gasteiger partial charge in [0, 0.05) is 20.0 Å². The summed E-state index contributed by atoms with van der Waals surface area (Å²) < 4.78 is 27.9. The smallest absolute Gasteiger partial charge is 0.261 e. The first-order chi connectivity index (χ1) is 33.8. The molecule has 8 heteroatoms. The van der Waals surface area contributed by atoms with Crippen LogP contribution in [0.1, 0.15) is 147 Å². The normalized spacial score (nSPS) is 26.9. The molecule has 8 rings (SSSR count). The van der Waals surface area contributed by atoms with Gasteiger partial charge in [0.25, 0.3) is 16.6 Å². The standard InChI is InChI=1S/C63H87NO5Si2/c1-47(27-25-41-61(9,10)66-46-65-12)56-39-40-57-49(28-26-42-62(56,57)11)37-38-50-43-51(67-70(59(3,4)5,52-29-17-13-18-30-52)53-31-19-14-20-32-53)44-58(63(50)45-48(2)64-69-63)68-71(60(6,7)8,54-33-21-15-22-34-54)55-35-23-16-24-36-55/h13-24,29-38,47,51,56-58H,25-28,39-46H2,1-12H3/b49-37+,50-38+/t47-,51-,56-,57+,58+,62-,63?/m1/s1. The fraction of sp³-hybridized carbons (Fsp3) is 0.540. The number of benzene rings is 4. The van der Waals surface area contributed by atoms with E-state index in [0.29, 0.717) is 37.4 Å². The number of allylic oxidation sites excluding steroid dienone is 3. The second kappa shape index (κ2) is 21.5. The second-order valence-corrected chi connectivity index (χ2v) is 33.3. The Kier molecular flexibility index (Phi) is 16.2. The van der Waals surface area contributed by atoms with Gasteiger partial charge in [0.1, 0.15) is 6.79 Å². The van der Waals surface area contributed by atoms with Crippen LogP contribution in [0.15, 0.2) is 150 Å². The van der Waals surface area contributed by atoms with Crippen molar-refractivity contribution in [3.63, 3.8) is 0 Å². The van der Waals surface area contributed by atoms with Gasteiger partial charge in [-0.25, -0.2) is 0 Å². The summed E-state index contributed by atoms with van der Waals surface area (Å²) in [5.74, 6) is 1.93. The molecule has 3 saturated carbocycles. The maximum Gasteiger partial charge on any atom is 0.261 e. The Morgan fingerprint density at radius 2 is 1.25 bits per heavy atom. The molecule has 0 radical (unpaired) electrons. The highest BCUT2D eigenvalue weighted by atomic mass is 28.4. The molecule has 3 aliphatic carbocycles. The topological polar surface area (TPSA) is 58.5 Å². The summed E-state index contributed by atoms with van der Waals surface area (Å²) >= 11 is 0. The second-order valence-electron chi connectivity index (χ2n) is 24.8. The van der Waals surface area contributed by atoms with Crippen molar-refractivity contribution in [3.05, 3.63) is 145 Å². The summed E-state index contributed by atoms with van der Waals surface area (Å²) in [6.07, 6.45) is 16.3. The van der Waals surface area contributed by atoms with Crippen LogP contribution in [0.4, 0.5) is 0 Å². The number of rotatable bonds is 17. The fourth-order valence-electron chi connectivity index (χ4n) is 14.1. The number of ether oxygens (including phenoxy) is 2. The highest BCUT2D eigenvalue weighted by Gasteiger charge is 2.61. The van der Waals surface area contributed by atoms with E-state index in [1.54, 1.807) is 12.7 Å². The Morgan fingerprint density at radius 1 is 0.732 bits per heavy atom. The molecule has 71 heavy (non-hydrogen) atoms. The van der Waals surface area contributed by atoms with E-state index in [2.05, 4.69) is 210 Å². The summed E-state index contributed by atoms with van der Waals surface area (Å²) in [6, 6.07) is 44.5. The number of fused-ring (bicyclic) bond motifs is 1. The van der Waals surface area contributed by atoms with Crippen molar-refractivity contribution < 1.29 is 23.2 Å². The zero-order valence-corrected chi connectivity index (χ0v) is 47.6. The number of hydrogen-bond donors (Lipinski definition) is 0. The van der Waals surface area contributed by atoms with Crippen molar-refractivity contribution >= 4 is 43.1 Å². The van der Waals surface area contributed by atoms with E-state index >= 15 is 0 Å². The molecule has 6 nitrogen and oxygen atoms in total. The van der Waals surface area contributed by atoms with E-state index in [1.807, 2.05) is 0 Å². The van der Waals surface area contributed by atoms with Crippen LogP contribution in [0.2, 0.25) is 10.1 Å². The van der Waals surface area contributed by atoms with Gasteiger partial charge in [0.05, 0.1) is 23.5 Å². The minimum atomic E-state index is -3.09. The molecule has 4 aromatic rings. The van der Waals surface area contributed by atoms with E-state index in [-0.39, 0.29) is 33.3 Å². The Labute approximate surface area is 431 Å². The van der Waals surface area contributed by atoms with Crippen LogP contribution in [-0.4, -0.2) is 59.7 Å². The van der Waals surface area contributed by atoms with Crippen LogP contribution in [0.5, 0.6) is 0 Å². The lowest BCUT2D eigenvalue weighted by Crippen LogP contribution is -2.71. The molecule has 0 bridgehead atoms. The van der Waals surface area contributed by atoms with E-state index in [4.69, 9.17) is 28.3 Å². The van der Waals surface area contributed by atoms with Crippen LogP contribution < -0.4 is 20.7 Å². The van der Waals surface area contributed by atoms with Gasteiger partial charge in [-0.15, -0.1) is 0 Å². The average molecular weight is 995 g/mol. The first-order valence-corrected chi connectivity index (χ1v) is 30.9. The van der Waals surface area contributed by atoms with Gasteiger partial charge < -0.3 is 23.2 Å². The van der Waals surface area contributed by atoms with E-state index in [1.165, 1.54) is 64.8 Å². The molecule has 0 N–H and O–H groups in total. The Morgan fingerprint density at radius 3 is 1.73 bits per heavy atom. The van der Waals surface area contributed by atoms with Gasteiger partial charge in [-0.3, -0.25) is 0 Å². The highest BCUT2D eigenvalue weighted by Crippen LogP contribution is 2.60. The molecular formula is C63H87NO5Si2. The summed E-state index contributed by atoms with van der Waals surface area (Å²) in [4.78, 5) is 7.07. The predicted octanol–water partition coefficient (Wildman–Crippen LogP) is 13.5. The van der Waals surface area contributed by atoms with Gasteiger partial charge >= 0.3 is 0 Å². The Bertz CT molecular complexity index is 2380. The molecule has 4 aliphatic rings. The molecule has 382 valence electrons. The molecule has 4 aromatic carbocycles. The summed E-state index contributed by atoms with van der Waals surface area (Å²) in [5, 5.41) is 9.56. The van der Waals surface area contributed by atoms with E-state index in [0.717, 1.165) is 25.0 Å². The number of nitrogens with zero attached hydrogens (tertiary/aromatic N) is 1. The average Bonchev–Trinajstić information content (AvgIpc) is 3.92. The molecule has 1 aliphatic heterocycles. The first-order valence-electron chi connectivity index (χ1n) is 27.1. The molecule has 1 heterocycles. The Hall–Kier alpha value is -3.90. The van der Waals surface area contributed by atoms with E-state index in [9.17, 15) is 0 Å². The largest absolute Gasteiger partial charge is 0.404 e. The van der Waals surface area contributed by atoms with Gasteiger partial charge in [-0.05, 0) is 125 Å². The Balaban J connectivity index is 1.24. The van der Waals surface area contributed by atoms with Gasteiger partial charge in [-0.2, -0.15) is 0 Å². The minimum Gasteiger partial charge on any atom is -0.404 e. The molecule has 7 atom stereocenters. The molecule has 1 spiro atoms. The van der Waals surface area contributed by atoms with Crippen LogP contribution in [0, 0.1) is 23.2 Å². The van der Waals surface area contributed by atoms with Gasteiger partial charge in [0.2, 0.25) is 0 Å². The SMILES string of the molecule is COCOC(C)(C)CCC[C@@H](C)[C@H]1CC[C@H]2/C(=C/C=C3\C[C@@H](O[Si](c4ccccc4)(c4ccccc4)C(C)(C)C)C[C@H](O[Si](c4ccccc4)(c4ccccc4)C(C)(C)C)C34CC(C)=NO4)CCC[C@]12C. The fourth-order valence-corrected chi connectivity index (χ4v) is 23.6. The first kappa shape index (κ1) is 53.4. The molecule has 0 saturated heterocycles. The van der Waals surface area contributed by atoms with Crippen molar-refractivity contribution in [2.75, 3.05) is 13.9 Å². The van der Waals surface area contributed by atoms with Crippen LogP contribution in [-0.2, 0) is 23.2 Å². The lowest BCUT2D eigenvalue weighted by Gasteiger charge is -2.53. The maximum absolute atomic E-state index is 8.36. The lowest BCUT2D eigenvalue weighted by atomic mass is 9.60. The highest BCUT2D eigenvalue weighted by molar-refractivity contribution is 7.00. The summed E-state index contributed by atoms with van der Waals surface area (Å²) in [5.41, 5.74) is 3.18. The zero-order valence-electron chi connectivity index (χ0n) is 45.6. The third kappa shape index (κ3) is 10.6. The number of methoxy groups -OCH3 is 1.